The highest BCUT2D eigenvalue weighted by Crippen LogP contribution is 2.53. The molecule has 2 aromatic rings. The van der Waals surface area contributed by atoms with Crippen LogP contribution in [-0.4, -0.2) is 85.6 Å². The predicted octanol–water partition coefficient (Wildman–Crippen LogP) is 2.53. The summed E-state index contributed by atoms with van der Waals surface area (Å²) in [6.07, 6.45) is 2.15. The van der Waals surface area contributed by atoms with Gasteiger partial charge in [-0.2, -0.15) is 0 Å². The van der Waals surface area contributed by atoms with Crippen LogP contribution in [0.1, 0.15) is 17.5 Å². The summed E-state index contributed by atoms with van der Waals surface area (Å²) in [5.41, 5.74) is -0.611. The van der Waals surface area contributed by atoms with Crippen molar-refractivity contribution in [1.29, 1.82) is 0 Å². The summed E-state index contributed by atoms with van der Waals surface area (Å²) < 4.78 is 10.6. The first-order valence-corrected chi connectivity index (χ1v) is 12.7. The summed E-state index contributed by atoms with van der Waals surface area (Å²) in [6.45, 7) is 7.71. The van der Waals surface area contributed by atoms with Crippen LogP contribution in [0.2, 0.25) is 0 Å². The Labute approximate surface area is 221 Å². The number of carbonyl (C=O) groups excluding carboxylic acids is 3. The average Bonchev–Trinajstić information content (AvgIpc) is 3.32. The zero-order valence-corrected chi connectivity index (χ0v) is 21.4. The van der Waals surface area contributed by atoms with Crippen molar-refractivity contribution in [2.75, 3.05) is 57.9 Å². The third-order valence-corrected chi connectivity index (χ3v) is 7.44. The van der Waals surface area contributed by atoms with Crippen molar-refractivity contribution >= 4 is 29.0 Å². The molecule has 2 saturated heterocycles. The van der Waals surface area contributed by atoms with E-state index in [2.05, 4.69) is 11.5 Å². The Balaban J connectivity index is 1.64. The van der Waals surface area contributed by atoms with Gasteiger partial charge in [0.25, 0.3) is 17.6 Å². The fraction of sp³-hybridized carbons (Fsp3) is 0.345. The minimum atomic E-state index is -1.78. The summed E-state index contributed by atoms with van der Waals surface area (Å²) >= 11 is 0. The molecule has 1 N–H and O–H groups in total. The molecule has 3 aliphatic heterocycles. The number of Topliss-reactive ketones (excluding diaryl/α,β-unsaturated/α-hetero) is 1. The molecule has 1 atom stereocenters. The van der Waals surface area contributed by atoms with Crippen LogP contribution in [0, 0.1) is 0 Å². The maximum absolute atomic E-state index is 14.3. The van der Waals surface area contributed by atoms with Gasteiger partial charge in [0.2, 0.25) is 0 Å². The lowest BCUT2D eigenvalue weighted by molar-refractivity contribution is -0.143. The Morgan fingerprint density at radius 1 is 1.08 bits per heavy atom. The lowest BCUT2D eigenvalue weighted by atomic mass is 9.82. The van der Waals surface area contributed by atoms with Crippen LogP contribution in [-0.2, 0) is 24.7 Å². The van der Waals surface area contributed by atoms with Crippen molar-refractivity contribution in [3.05, 3.63) is 77.9 Å². The number of para-hydroxylation sites is 1. The van der Waals surface area contributed by atoms with Gasteiger partial charge >= 0.3 is 0 Å². The number of fused-ring (bicyclic) bond motifs is 2. The van der Waals surface area contributed by atoms with Crippen LogP contribution in [0.25, 0.3) is 5.76 Å². The summed E-state index contributed by atoms with van der Waals surface area (Å²) in [6, 6.07) is 13.6. The molecule has 0 aromatic heterocycles. The molecule has 0 radical (unpaired) electrons. The van der Waals surface area contributed by atoms with Gasteiger partial charge in [-0.05, 0) is 36.8 Å². The second-order valence-electron chi connectivity index (χ2n) is 9.48. The van der Waals surface area contributed by atoms with Gasteiger partial charge in [-0.25, -0.2) is 0 Å². The van der Waals surface area contributed by atoms with Gasteiger partial charge in [0.05, 0.1) is 31.6 Å². The zero-order chi connectivity index (χ0) is 26.9. The van der Waals surface area contributed by atoms with Crippen LogP contribution in [0.4, 0.5) is 5.69 Å². The van der Waals surface area contributed by atoms with E-state index in [1.807, 2.05) is 0 Å². The molecule has 0 bridgehead atoms. The number of rotatable bonds is 8. The quantitative estimate of drug-likeness (QED) is 0.249. The van der Waals surface area contributed by atoms with E-state index in [9.17, 15) is 19.5 Å². The molecule has 198 valence electrons. The molecule has 3 aliphatic rings. The molecule has 2 aromatic carbocycles. The molecule has 3 heterocycles. The minimum absolute atomic E-state index is 0.170. The Hall–Kier alpha value is -3.95. The van der Waals surface area contributed by atoms with E-state index in [0.717, 1.165) is 13.1 Å². The van der Waals surface area contributed by atoms with Crippen molar-refractivity contribution in [2.45, 2.75) is 12.0 Å². The lowest BCUT2D eigenvalue weighted by Gasteiger charge is -2.35. The second-order valence-corrected chi connectivity index (χ2v) is 9.48. The van der Waals surface area contributed by atoms with Gasteiger partial charge in [0, 0.05) is 43.9 Å². The highest BCUT2D eigenvalue weighted by atomic mass is 16.5. The van der Waals surface area contributed by atoms with Gasteiger partial charge in [0.15, 0.2) is 5.54 Å². The number of hydrogen-bond acceptors (Lipinski definition) is 7. The average molecular weight is 518 g/mol. The fourth-order valence-corrected chi connectivity index (χ4v) is 5.65. The summed E-state index contributed by atoms with van der Waals surface area (Å²) in [5.74, 6) is -1.97. The van der Waals surface area contributed by atoms with Crippen LogP contribution < -0.4 is 9.64 Å². The summed E-state index contributed by atoms with van der Waals surface area (Å²) in [4.78, 5) is 46.7. The number of likely N-dealkylation sites (tertiary alicyclic amines) is 1. The predicted molar refractivity (Wildman–Crippen MR) is 142 cm³/mol. The van der Waals surface area contributed by atoms with E-state index >= 15 is 0 Å². The number of nitrogens with zero attached hydrogens (tertiary/aromatic N) is 3. The van der Waals surface area contributed by atoms with Gasteiger partial charge in [0.1, 0.15) is 11.5 Å². The SMILES string of the molecule is C=CCN1C(=O)C2(/C(=C(/O)c3ccc(OC)cc3)C(=O)C(=O)N2CCCN2CCOCC2)c2ccccc21. The Kier molecular flexibility index (Phi) is 7.05. The topological polar surface area (TPSA) is 99.6 Å². The van der Waals surface area contributed by atoms with E-state index in [-0.39, 0.29) is 18.7 Å². The molecule has 0 aliphatic carbocycles. The Bertz CT molecular complexity index is 1300. The van der Waals surface area contributed by atoms with Crippen LogP contribution in [0.15, 0.2) is 66.8 Å². The third kappa shape index (κ3) is 3.99. The minimum Gasteiger partial charge on any atom is -0.507 e. The standard InChI is InChI=1S/C29H31N3O6/c1-3-13-31-23-8-5-4-7-22(23)29(28(31)36)24(25(33)20-9-11-21(37-2)12-10-20)26(34)27(35)32(29)15-6-14-30-16-18-38-19-17-30/h3-5,7-12,33H,1,6,13-19H2,2H3/b25-24+. The largest absolute Gasteiger partial charge is 0.507 e. The molecule has 2 fully saturated rings. The van der Waals surface area contributed by atoms with Crippen molar-refractivity contribution < 1.29 is 29.0 Å². The molecule has 5 rings (SSSR count). The number of carbonyl (C=O) groups is 3. The second kappa shape index (κ2) is 10.4. The number of ether oxygens (including phenoxy) is 2. The van der Waals surface area contributed by atoms with E-state index in [1.54, 1.807) is 54.6 Å². The van der Waals surface area contributed by atoms with Crippen LogP contribution >= 0.6 is 0 Å². The van der Waals surface area contributed by atoms with Crippen LogP contribution in [0.5, 0.6) is 5.75 Å². The van der Waals surface area contributed by atoms with E-state index in [4.69, 9.17) is 9.47 Å². The smallest absolute Gasteiger partial charge is 0.296 e. The maximum atomic E-state index is 14.3. The van der Waals surface area contributed by atoms with Crippen molar-refractivity contribution in [3.63, 3.8) is 0 Å². The van der Waals surface area contributed by atoms with Crippen molar-refractivity contribution in [1.82, 2.24) is 9.80 Å². The fourth-order valence-electron chi connectivity index (χ4n) is 5.65. The molecule has 0 saturated carbocycles. The van der Waals surface area contributed by atoms with Gasteiger partial charge in [-0.3, -0.25) is 19.3 Å². The number of amides is 2. The zero-order valence-electron chi connectivity index (χ0n) is 21.4. The molecule has 2 amide bonds. The molecular weight excluding hydrogens is 486 g/mol. The Morgan fingerprint density at radius 3 is 2.47 bits per heavy atom. The highest BCUT2D eigenvalue weighted by Gasteiger charge is 2.66. The maximum Gasteiger partial charge on any atom is 0.296 e. The molecule has 9 heteroatoms. The first-order valence-electron chi connectivity index (χ1n) is 12.7. The number of benzene rings is 2. The number of aliphatic hydroxyl groups excluding tert-OH is 1. The molecule has 1 unspecified atom stereocenters. The van der Waals surface area contributed by atoms with Crippen molar-refractivity contribution in [3.8, 4) is 5.75 Å². The van der Waals surface area contributed by atoms with Crippen LogP contribution in [0.3, 0.4) is 0 Å². The molecule has 38 heavy (non-hydrogen) atoms. The van der Waals surface area contributed by atoms with Crippen molar-refractivity contribution in [2.24, 2.45) is 0 Å². The monoisotopic (exact) mass is 517 g/mol. The summed E-state index contributed by atoms with van der Waals surface area (Å²) in [7, 11) is 1.53. The molecule has 1 spiro atoms. The number of methoxy groups -OCH3 is 1. The number of ketones is 1. The van der Waals surface area contributed by atoms with Gasteiger partial charge in [-0.15, -0.1) is 6.58 Å². The van der Waals surface area contributed by atoms with E-state index in [1.165, 1.54) is 16.9 Å². The normalized spacial score (nSPS) is 22.8. The highest BCUT2D eigenvalue weighted by molar-refractivity contribution is 6.50. The third-order valence-electron chi connectivity index (χ3n) is 7.44. The lowest BCUT2D eigenvalue weighted by Crippen LogP contribution is -2.52. The Morgan fingerprint density at radius 2 is 1.79 bits per heavy atom. The van der Waals surface area contributed by atoms with Gasteiger partial charge < -0.3 is 24.4 Å². The molecular formula is C29H31N3O6. The first-order chi connectivity index (χ1) is 18.4. The number of anilines is 1. The summed E-state index contributed by atoms with van der Waals surface area (Å²) in [5, 5.41) is 11.5. The van der Waals surface area contributed by atoms with Gasteiger partial charge in [-0.1, -0.05) is 24.3 Å². The number of hydrogen-bond donors (Lipinski definition) is 1. The molecule has 9 nitrogen and oxygen atoms in total. The number of aliphatic hydroxyl groups is 1. The first kappa shape index (κ1) is 25.7. The van der Waals surface area contributed by atoms with E-state index < -0.39 is 28.9 Å². The number of morpholine rings is 1. The van der Waals surface area contributed by atoms with E-state index in [0.29, 0.717) is 48.7 Å².